The molecule has 32 heavy (non-hydrogen) atoms. The fraction of sp³-hybridized carbons (Fsp3) is 0.273. The molecule has 2 N–H and O–H groups in total. The van der Waals surface area contributed by atoms with Gasteiger partial charge in [0, 0.05) is 11.8 Å². The molecule has 2 unspecified atom stereocenters. The quantitative estimate of drug-likeness (QED) is 0.604. The Labute approximate surface area is 187 Å². The number of ether oxygens (including phenoxy) is 2. The van der Waals surface area contributed by atoms with E-state index in [4.69, 9.17) is 14.6 Å². The molecule has 0 fully saturated rings. The van der Waals surface area contributed by atoms with Crippen molar-refractivity contribution in [1.29, 1.82) is 0 Å². The Morgan fingerprint density at radius 2 is 2.03 bits per heavy atom. The zero-order valence-electron chi connectivity index (χ0n) is 17.0. The lowest BCUT2D eigenvalue weighted by Gasteiger charge is -2.15. The van der Waals surface area contributed by atoms with E-state index in [2.05, 4.69) is 10.3 Å². The number of carbonyl (C=O) groups is 1. The van der Waals surface area contributed by atoms with Gasteiger partial charge < -0.3 is 19.9 Å². The van der Waals surface area contributed by atoms with Crippen molar-refractivity contribution in [2.45, 2.75) is 18.3 Å². The van der Waals surface area contributed by atoms with E-state index >= 15 is 0 Å². The normalized spacial score (nSPS) is 17.2. The molecule has 0 saturated heterocycles. The van der Waals surface area contributed by atoms with Gasteiger partial charge in [-0.15, -0.1) is 0 Å². The number of hydrogen-bond acceptors (Lipinski definition) is 6. The number of nitrogens with one attached hydrogen (secondary N) is 1. The summed E-state index contributed by atoms with van der Waals surface area (Å²) in [6, 6.07) is 13.7. The van der Waals surface area contributed by atoms with Crippen LogP contribution in [0.2, 0.25) is 0 Å². The highest BCUT2D eigenvalue weighted by atomic mass is 32.2. The van der Waals surface area contributed by atoms with Crippen LogP contribution in [0.1, 0.15) is 17.2 Å². The van der Waals surface area contributed by atoms with Gasteiger partial charge in [0.2, 0.25) is 5.91 Å². The molecule has 2 atom stereocenters. The molecule has 0 spiro atoms. The Morgan fingerprint density at radius 1 is 1.28 bits per heavy atom. The van der Waals surface area contributed by atoms with Gasteiger partial charge >= 0.3 is 6.18 Å². The van der Waals surface area contributed by atoms with Gasteiger partial charge in [0.1, 0.15) is 18.1 Å². The van der Waals surface area contributed by atoms with E-state index in [1.54, 1.807) is 19.2 Å². The topological polar surface area (TPSA) is 80.2 Å². The predicted molar refractivity (Wildman–Crippen MR) is 117 cm³/mol. The number of alkyl halides is 3. The lowest BCUT2D eigenvalue weighted by molar-refractivity contribution is -0.210. The van der Waals surface area contributed by atoms with Crippen molar-refractivity contribution in [3.8, 4) is 11.5 Å². The van der Waals surface area contributed by atoms with Gasteiger partial charge in [-0.2, -0.15) is 13.2 Å². The number of rotatable bonds is 7. The zero-order chi connectivity index (χ0) is 23.1. The van der Waals surface area contributed by atoms with E-state index in [0.717, 1.165) is 11.3 Å². The number of amides is 1. The van der Waals surface area contributed by atoms with Gasteiger partial charge in [-0.1, -0.05) is 36.0 Å². The molecule has 0 aromatic heterocycles. The highest BCUT2D eigenvalue weighted by molar-refractivity contribution is 8.14. The number of aliphatic hydroxyl groups is 1. The average molecular weight is 466 g/mol. The third-order valence-electron chi connectivity index (χ3n) is 4.45. The first-order valence-electron chi connectivity index (χ1n) is 9.56. The Balaban J connectivity index is 1.54. The molecule has 0 bridgehead atoms. The second-order valence-electron chi connectivity index (χ2n) is 6.80. The zero-order valence-corrected chi connectivity index (χ0v) is 17.8. The van der Waals surface area contributed by atoms with Crippen molar-refractivity contribution in [2.75, 3.05) is 19.5 Å². The Hall–Kier alpha value is -2.98. The SMILES string of the molecule is COc1ccc(C2CSC(NC(=O)/C=C/c3cccc(OCC(O)C(F)(F)F)c3)=N2)cc1. The van der Waals surface area contributed by atoms with Gasteiger partial charge in [-0.3, -0.25) is 9.79 Å². The van der Waals surface area contributed by atoms with Crippen LogP contribution in [-0.2, 0) is 4.79 Å². The molecule has 0 aliphatic carbocycles. The van der Waals surface area contributed by atoms with Crippen LogP contribution in [0.3, 0.4) is 0 Å². The third-order valence-corrected chi connectivity index (χ3v) is 5.42. The molecule has 1 aliphatic heterocycles. The van der Waals surface area contributed by atoms with Gasteiger partial charge in [-0.25, -0.2) is 0 Å². The molecule has 2 aromatic carbocycles. The number of benzene rings is 2. The van der Waals surface area contributed by atoms with Gasteiger partial charge in [0.05, 0.1) is 13.2 Å². The van der Waals surface area contributed by atoms with Crippen LogP contribution in [0.15, 0.2) is 59.6 Å². The first kappa shape index (κ1) is 23.7. The van der Waals surface area contributed by atoms with Crippen molar-refractivity contribution in [1.82, 2.24) is 5.32 Å². The van der Waals surface area contributed by atoms with Crippen molar-refractivity contribution >= 4 is 28.9 Å². The summed E-state index contributed by atoms with van der Waals surface area (Å²) in [6.07, 6.45) is -4.51. The average Bonchev–Trinajstić information content (AvgIpc) is 3.24. The molecule has 2 aromatic rings. The van der Waals surface area contributed by atoms with E-state index in [-0.39, 0.29) is 17.7 Å². The lowest BCUT2D eigenvalue weighted by atomic mass is 10.1. The number of amidine groups is 1. The maximum Gasteiger partial charge on any atom is 0.417 e. The van der Waals surface area contributed by atoms with Crippen LogP contribution in [0, 0.1) is 0 Å². The molecule has 10 heteroatoms. The van der Waals surface area contributed by atoms with Gasteiger partial charge in [0.15, 0.2) is 11.3 Å². The number of aliphatic imine (C=N–C) groups is 1. The summed E-state index contributed by atoms with van der Waals surface area (Å²) in [7, 11) is 1.60. The Kier molecular flexibility index (Phi) is 7.81. The van der Waals surface area contributed by atoms with Gasteiger partial charge in [-0.05, 0) is 41.5 Å². The number of aliphatic hydroxyl groups excluding tert-OH is 1. The minimum atomic E-state index is -4.75. The molecule has 1 heterocycles. The summed E-state index contributed by atoms with van der Waals surface area (Å²) in [4.78, 5) is 16.7. The van der Waals surface area contributed by atoms with E-state index < -0.39 is 18.9 Å². The summed E-state index contributed by atoms with van der Waals surface area (Å²) in [5.41, 5.74) is 1.57. The standard InChI is InChI=1S/C22H21F3N2O4S/c1-30-16-8-6-15(7-9-16)18-13-32-21(26-18)27-20(29)10-5-14-3-2-4-17(11-14)31-12-19(28)22(23,24)25/h2-11,18-19,28H,12-13H2,1H3,(H,26,27,29)/b10-5+. The van der Waals surface area contributed by atoms with Crippen LogP contribution in [0.25, 0.3) is 6.08 Å². The highest BCUT2D eigenvalue weighted by Gasteiger charge is 2.38. The van der Waals surface area contributed by atoms with Crippen molar-refractivity contribution in [3.05, 3.63) is 65.7 Å². The largest absolute Gasteiger partial charge is 0.497 e. The van der Waals surface area contributed by atoms with E-state index in [1.165, 1.54) is 36.0 Å². The summed E-state index contributed by atoms with van der Waals surface area (Å²) in [6.45, 7) is -0.913. The molecule has 6 nitrogen and oxygen atoms in total. The lowest BCUT2D eigenvalue weighted by Crippen LogP contribution is -2.34. The second-order valence-corrected chi connectivity index (χ2v) is 7.81. The summed E-state index contributed by atoms with van der Waals surface area (Å²) >= 11 is 1.44. The van der Waals surface area contributed by atoms with Gasteiger partial charge in [0.25, 0.3) is 0 Å². The van der Waals surface area contributed by atoms with E-state index in [1.807, 2.05) is 24.3 Å². The number of halogens is 3. The Morgan fingerprint density at radius 3 is 2.72 bits per heavy atom. The number of thioether (sulfide) groups is 1. The summed E-state index contributed by atoms with van der Waals surface area (Å²) in [5.74, 6) is 1.22. The number of nitrogens with zero attached hydrogens (tertiary/aromatic N) is 1. The van der Waals surface area contributed by atoms with Crippen molar-refractivity contribution in [3.63, 3.8) is 0 Å². The smallest absolute Gasteiger partial charge is 0.417 e. The fourth-order valence-corrected chi connectivity index (χ4v) is 3.69. The highest BCUT2D eigenvalue weighted by Crippen LogP contribution is 2.30. The minimum Gasteiger partial charge on any atom is -0.497 e. The third kappa shape index (κ3) is 6.76. The molecular weight excluding hydrogens is 445 g/mol. The maximum absolute atomic E-state index is 12.4. The molecule has 0 radical (unpaired) electrons. The number of carbonyl (C=O) groups excluding carboxylic acids is 1. The minimum absolute atomic E-state index is 0.0638. The molecule has 1 aliphatic rings. The summed E-state index contributed by atoms with van der Waals surface area (Å²) in [5, 5.41) is 12.2. The first-order chi connectivity index (χ1) is 15.2. The van der Waals surface area contributed by atoms with Crippen molar-refractivity contribution in [2.24, 2.45) is 4.99 Å². The summed E-state index contributed by atoms with van der Waals surface area (Å²) < 4.78 is 47.2. The number of hydrogen-bond donors (Lipinski definition) is 2. The van der Waals surface area contributed by atoms with E-state index in [9.17, 15) is 18.0 Å². The fourth-order valence-electron chi connectivity index (χ4n) is 2.74. The van der Waals surface area contributed by atoms with Crippen LogP contribution >= 0.6 is 11.8 Å². The Bertz CT molecular complexity index is 993. The molecule has 1 amide bonds. The second kappa shape index (κ2) is 10.6. The monoisotopic (exact) mass is 466 g/mol. The number of methoxy groups -OCH3 is 1. The van der Waals surface area contributed by atoms with Crippen LogP contribution < -0.4 is 14.8 Å². The predicted octanol–water partition coefficient (Wildman–Crippen LogP) is 3.97. The molecule has 170 valence electrons. The molecule has 0 saturated carbocycles. The van der Waals surface area contributed by atoms with Crippen LogP contribution in [0.5, 0.6) is 11.5 Å². The van der Waals surface area contributed by atoms with Crippen LogP contribution in [0.4, 0.5) is 13.2 Å². The van der Waals surface area contributed by atoms with Crippen molar-refractivity contribution < 1.29 is 32.5 Å². The van der Waals surface area contributed by atoms with Crippen LogP contribution in [-0.4, -0.2) is 47.9 Å². The first-order valence-corrected chi connectivity index (χ1v) is 10.5. The molecule has 3 rings (SSSR count). The maximum atomic E-state index is 12.4. The van der Waals surface area contributed by atoms with E-state index in [0.29, 0.717) is 16.5 Å². The molecular formula is C22H21F3N2O4S.